The molecule has 0 amide bonds. The van der Waals surface area contributed by atoms with Crippen molar-refractivity contribution in [3.63, 3.8) is 0 Å². The zero-order chi connectivity index (χ0) is 10.7. The number of rotatable bonds is 2. The summed E-state index contributed by atoms with van der Waals surface area (Å²) in [6.07, 6.45) is -5.60. The molecule has 80 valence electrons. The summed E-state index contributed by atoms with van der Waals surface area (Å²) in [4.78, 5) is 2.45. The second-order valence-corrected chi connectivity index (χ2v) is 2.92. The Labute approximate surface area is 79.0 Å². The van der Waals surface area contributed by atoms with E-state index >= 15 is 0 Å². The lowest BCUT2D eigenvalue weighted by Crippen LogP contribution is -2.57. The van der Waals surface area contributed by atoms with Crippen LogP contribution in [0.2, 0.25) is 0 Å². The average molecular weight is 205 g/mol. The van der Waals surface area contributed by atoms with Crippen LogP contribution in [0.5, 0.6) is 0 Å². The molecule has 1 aliphatic heterocycles. The molecule has 1 fully saturated rings. The van der Waals surface area contributed by atoms with Gasteiger partial charge in [-0.15, -0.1) is 0 Å². The second-order valence-electron chi connectivity index (χ2n) is 2.92. The third-order valence-electron chi connectivity index (χ3n) is 2.05. The van der Waals surface area contributed by atoms with Crippen molar-refractivity contribution in [2.75, 3.05) is 6.61 Å². The van der Waals surface area contributed by atoms with Crippen molar-refractivity contribution in [3.05, 3.63) is 10.4 Å². The lowest BCUT2D eigenvalue weighted by Gasteiger charge is -2.37. The van der Waals surface area contributed by atoms with Crippen LogP contribution in [0.25, 0.3) is 10.4 Å². The van der Waals surface area contributed by atoms with Crippen LogP contribution in [0.4, 0.5) is 0 Å². The van der Waals surface area contributed by atoms with E-state index in [1.54, 1.807) is 0 Å². The first kappa shape index (κ1) is 11.2. The average Bonchev–Trinajstić information content (AvgIpc) is 2.19. The van der Waals surface area contributed by atoms with E-state index in [2.05, 4.69) is 10.0 Å². The van der Waals surface area contributed by atoms with Crippen LogP contribution in [0.1, 0.15) is 0 Å². The Kier molecular flexibility index (Phi) is 3.64. The predicted octanol–water partition coefficient (Wildman–Crippen LogP) is -1.90. The smallest absolute Gasteiger partial charge is 0.183 e. The number of nitrogens with zero attached hydrogens (tertiary/aromatic N) is 3. The molecule has 0 radical (unpaired) electrons. The van der Waals surface area contributed by atoms with Crippen LogP contribution in [-0.4, -0.2) is 57.7 Å². The molecular weight excluding hydrogens is 194 g/mol. The van der Waals surface area contributed by atoms with Crippen LogP contribution in [0.15, 0.2) is 5.11 Å². The number of hydrogen-bond donors (Lipinski definition) is 4. The monoisotopic (exact) mass is 205 g/mol. The minimum absolute atomic E-state index is 0.523. The van der Waals surface area contributed by atoms with E-state index in [0.29, 0.717) is 0 Å². The molecule has 4 N–H and O–H groups in total. The van der Waals surface area contributed by atoms with E-state index in [1.807, 2.05) is 0 Å². The van der Waals surface area contributed by atoms with Crippen molar-refractivity contribution in [2.24, 2.45) is 5.11 Å². The van der Waals surface area contributed by atoms with Crippen LogP contribution < -0.4 is 0 Å². The summed E-state index contributed by atoms with van der Waals surface area (Å²) in [5.41, 5.74) is 8.17. The molecular formula is C6H11N3O5. The molecule has 0 bridgehead atoms. The number of azide groups is 1. The number of ether oxygens (including phenoxy) is 1. The number of hydrogen-bond acceptors (Lipinski definition) is 6. The summed E-state index contributed by atoms with van der Waals surface area (Å²) in [6, 6.07) is -1.11. The fourth-order valence-electron chi connectivity index (χ4n) is 1.28. The Hall–Kier alpha value is -0.890. The van der Waals surface area contributed by atoms with Crippen molar-refractivity contribution in [3.8, 4) is 0 Å². The number of aliphatic hydroxyl groups excluding tert-OH is 4. The maximum Gasteiger partial charge on any atom is 0.183 e. The summed E-state index contributed by atoms with van der Waals surface area (Å²) in [7, 11) is 0. The molecule has 1 heterocycles. The second kappa shape index (κ2) is 4.56. The molecule has 8 nitrogen and oxygen atoms in total. The Bertz CT molecular complexity index is 242. The first-order chi connectivity index (χ1) is 6.61. The molecule has 0 aromatic carbocycles. The molecule has 14 heavy (non-hydrogen) atoms. The minimum Gasteiger partial charge on any atom is -0.394 e. The minimum atomic E-state index is -1.59. The SMILES string of the molecule is [N-]=[N+]=N[C@H]1[C@H](O)[C@H](O)[C@H](O)O[C@@H]1CO. The molecule has 0 spiro atoms. The first-order valence-electron chi connectivity index (χ1n) is 3.96. The van der Waals surface area contributed by atoms with Gasteiger partial charge in [0.05, 0.1) is 24.9 Å². The lowest BCUT2D eigenvalue weighted by molar-refractivity contribution is -0.258. The normalized spacial score (nSPS) is 43.0. The van der Waals surface area contributed by atoms with Crippen LogP contribution >= 0.6 is 0 Å². The van der Waals surface area contributed by atoms with Gasteiger partial charge in [0.2, 0.25) is 0 Å². The highest BCUT2D eigenvalue weighted by Crippen LogP contribution is 2.22. The summed E-state index contributed by atoms with van der Waals surface area (Å²) in [5, 5.41) is 39.6. The van der Waals surface area contributed by atoms with E-state index < -0.39 is 37.3 Å². The van der Waals surface area contributed by atoms with E-state index in [9.17, 15) is 5.11 Å². The Morgan fingerprint density at radius 2 is 1.93 bits per heavy atom. The Morgan fingerprint density at radius 3 is 2.43 bits per heavy atom. The van der Waals surface area contributed by atoms with Gasteiger partial charge in [-0.1, -0.05) is 5.11 Å². The highest BCUT2D eigenvalue weighted by Gasteiger charge is 2.43. The molecule has 0 aliphatic carbocycles. The fraction of sp³-hybridized carbons (Fsp3) is 1.00. The molecule has 1 saturated heterocycles. The highest BCUT2D eigenvalue weighted by atomic mass is 16.6. The van der Waals surface area contributed by atoms with E-state index in [-0.39, 0.29) is 0 Å². The summed E-state index contributed by atoms with van der Waals surface area (Å²) < 4.78 is 4.71. The Balaban J connectivity index is 2.82. The molecule has 0 aromatic heterocycles. The van der Waals surface area contributed by atoms with Crippen molar-refractivity contribution < 1.29 is 25.2 Å². The standard InChI is InChI=1S/C6H11N3O5/c7-9-8-3-2(1-10)14-6(13)5(12)4(3)11/h2-6,10-13H,1H2/t2-,3-,4+,5+,6-/m1/s1. The van der Waals surface area contributed by atoms with Gasteiger partial charge >= 0.3 is 0 Å². The summed E-state index contributed by atoms with van der Waals surface area (Å²) >= 11 is 0. The lowest BCUT2D eigenvalue weighted by atomic mass is 9.97. The van der Waals surface area contributed by atoms with Crippen molar-refractivity contribution in [1.82, 2.24) is 0 Å². The van der Waals surface area contributed by atoms with Gasteiger partial charge in [0.15, 0.2) is 6.29 Å². The predicted molar refractivity (Wildman–Crippen MR) is 42.9 cm³/mol. The Morgan fingerprint density at radius 1 is 1.29 bits per heavy atom. The van der Waals surface area contributed by atoms with E-state index in [1.165, 1.54) is 0 Å². The molecule has 1 aliphatic rings. The maximum atomic E-state index is 9.37. The largest absolute Gasteiger partial charge is 0.394 e. The third kappa shape index (κ3) is 1.95. The molecule has 0 aromatic rings. The van der Waals surface area contributed by atoms with Crippen LogP contribution in [0, 0.1) is 0 Å². The summed E-state index contributed by atoms with van der Waals surface area (Å²) in [5.74, 6) is 0. The topological polar surface area (TPSA) is 139 Å². The van der Waals surface area contributed by atoms with Gasteiger partial charge in [-0.3, -0.25) is 0 Å². The fourth-order valence-corrected chi connectivity index (χ4v) is 1.28. The van der Waals surface area contributed by atoms with Gasteiger partial charge in [0.1, 0.15) is 6.10 Å². The van der Waals surface area contributed by atoms with Gasteiger partial charge in [-0.2, -0.15) is 0 Å². The van der Waals surface area contributed by atoms with Gasteiger partial charge in [-0.25, -0.2) is 0 Å². The maximum absolute atomic E-state index is 9.37. The molecule has 0 unspecified atom stereocenters. The van der Waals surface area contributed by atoms with Gasteiger partial charge in [0, 0.05) is 4.91 Å². The first-order valence-corrected chi connectivity index (χ1v) is 3.96. The highest BCUT2D eigenvalue weighted by molar-refractivity contribution is 4.93. The van der Waals surface area contributed by atoms with Crippen LogP contribution in [-0.2, 0) is 4.74 Å². The van der Waals surface area contributed by atoms with Crippen molar-refractivity contribution in [1.29, 1.82) is 0 Å². The third-order valence-corrected chi connectivity index (χ3v) is 2.05. The van der Waals surface area contributed by atoms with Crippen LogP contribution in [0.3, 0.4) is 0 Å². The summed E-state index contributed by atoms with van der Waals surface area (Å²) in [6.45, 7) is -0.523. The zero-order valence-electron chi connectivity index (χ0n) is 7.13. The van der Waals surface area contributed by atoms with E-state index in [0.717, 1.165) is 0 Å². The number of aliphatic hydroxyl groups is 4. The zero-order valence-corrected chi connectivity index (χ0v) is 7.13. The molecule has 5 atom stereocenters. The van der Waals surface area contributed by atoms with Crippen molar-refractivity contribution in [2.45, 2.75) is 30.6 Å². The quantitative estimate of drug-likeness (QED) is 0.237. The molecule has 0 saturated carbocycles. The van der Waals surface area contributed by atoms with Crippen molar-refractivity contribution >= 4 is 0 Å². The van der Waals surface area contributed by atoms with Gasteiger partial charge < -0.3 is 25.2 Å². The van der Waals surface area contributed by atoms with Gasteiger partial charge in [-0.05, 0) is 5.53 Å². The van der Waals surface area contributed by atoms with E-state index in [4.69, 9.17) is 25.6 Å². The van der Waals surface area contributed by atoms with Gasteiger partial charge in [0.25, 0.3) is 0 Å². The molecule has 1 rings (SSSR count). The molecule has 8 heteroatoms.